The van der Waals surface area contributed by atoms with E-state index in [2.05, 4.69) is 25.7 Å². The van der Waals surface area contributed by atoms with Crippen LogP contribution in [-0.4, -0.2) is 68.8 Å². The molecule has 2 amide bonds. The zero-order chi connectivity index (χ0) is 16.1. The van der Waals surface area contributed by atoms with Crippen molar-refractivity contribution in [2.24, 2.45) is 0 Å². The maximum atomic E-state index is 11.8. The molecule has 1 aromatic carbocycles. The number of benzene rings is 1. The van der Waals surface area contributed by atoms with Crippen LogP contribution in [0.25, 0.3) is 5.69 Å². The molecule has 1 aromatic heterocycles. The zero-order valence-corrected chi connectivity index (χ0v) is 13.2. The van der Waals surface area contributed by atoms with Gasteiger partial charge in [-0.1, -0.05) is 18.2 Å². The topological polar surface area (TPSA) is 79.2 Å². The van der Waals surface area contributed by atoms with Crippen LogP contribution >= 0.6 is 0 Å². The molecule has 0 saturated carbocycles. The minimum Gasteiger partial charge on any atom is -0.338 e. The fourth-order valence-electron chi connectivity index (χ4n) is 2.65. The summed E-state index contributed by atoms with van der Waals surface area (Å²) in [6.07, 6.45) is 0. The second kappa shape index (κ2) is 7.19. The van der Waals surface area contributed by atoms with Crippen molar-refractivity contribution in [3.63, 3.8) is 0 Å². The first kappa shape index (κ1) is 15.4. The van der Waals surface area contributed by atoms with Gasteiger partial charge in [0, 0.05) is 32.7 Å². The number of nitrogens with zero attached hydrogens (tertiary/aromatic N) is 6. The van der Waals surface area contributed by atoms with E-state index in [-0.39, 0.29) is 6.03 Å². The number of para-hydroxylation sites is 1. The van der Waals surface area contributed by atoms with Crippen LogP contribution in [0.4, 0.5) is 4.79 Å². The quantitative estimate of drug-likeness (QED) is 0.889. The molecule has 1 saturated heterocycles. The Hall–Kier alpha value is -2.48. The molecular weight excluding hydrogens is 294 g/mol. The molecule has 0 radical (unpaired) electrons. The summed E-state index contributed by atoms with van der Waals surface area (Å²) >= 11 is 0. The van der Waals surface area contributed by atoms with Crippen molar-refractivity contribution in [3.05, 3.63) is 36.2 Å². The van der Waals surface area contributed by atoms with E-state index in [0.717, 1.165) is 37.7 Å². The molecule has 1 aliphatic rings. The third-order valence-corrected chi connectivity index (χ3v) is 3.89. The predicted octanol–water partition coefficient (Wildman–Crippen LogP) is 0.509. The normalized spacial score (nSPS) is 15.6. The lowest BCUT2D eigenvalue weighted by molar-refractivity contribution is 0.133. The highest BCUT2D eigenvalue weighted by Gasteiger charge is 2.22. The minimum absolute atomic E-state index is 0.0151. The molecule has 0 spiro atoms. The van der Waals surface area contributed by atoms with Crippen LogP contribution in [0.3, 0.4) is 0 Å². The van der Waals surface area contributed by atoms with Gasteiger partial charge in [0.2, 0.25) is 0 Å². The van der Waals surface area contributed by atoms with Gasteiger partial charge in [-0.2, -0.15) is 4.68 Å². The van der Waals surface area contributed by atoms with Crippen molar-refractivity contribution in [3.8, 4) is 5.69 Å². The summed E-state index contributed by atoms with van der Waals surface area (Å²) in [4.78, 5) is 15.9. The molecule has 0 aliphatic carbocycles. The van der Waals surface area contributed by atoms with Gasteiger partial charge in [-0.05, 0) is 29.5 Å². The number of nitrogens with one attached hydrogen (secondary N) is 1. The lowest BCUT2D eigenvalue weighted by Gasteiger charge is -2.34. The van der Waals surface area contributed by atoms with E-state index >= 15 is 0 Å². The van der Waals surface area contributed by atoms with E-state index in [1.54, 1.807) is 4.68 Å². The van der Waals surface area contributed by atoms with Crippen molar-refractivity contribution < 1.29 is 4.79 Å². The van der Waals surface area contributed by atoms with Crippen molar-refractivity contribution in [1.82, 2.24) is 35.3 Å². The summed E-state index contributed by atoms with van der Waals surface area (Å²) in [6.45, 7) is 6.34. The minimum atomic E-state index is 0.0151. The number of urea groups is 1. The van der Waals surface area contributed by atoms with Crippen LogP contribution in [0.1, 0.15) is 12.7 Å². The van der Waals surface area contributed by atoms with Crippen LogP contribution in [0.2, 0.25) is 0 Å². The Bertz CT molecular complexity index is 634. The average molecular weight is 315 g/mol. The van der Waals surface area contributed by atoms with Gasteiger partial charge in [0.25, 0.3) is 0 Å². The monoisotopic (exact) mass is 315 g/mol. The van der Waals surface area contributed by atoms with E-state index in [4.69, 9.17) is 0 Å². The molecule has 2 heterocycles. The maximum Gasteiger partial charge on any atom is 0.317 e. The largest absolute Gasteiger partial charge is 0.338 e. The number of hydrogen-bond acceptors (Lipinski definition) is 5. The van der Waals surface area contributed by atoms with Crippen molar-refractivity contribution in [2.75, 3.05) is 32.7 Å². The van der Waals surface area contributed by atoms with Gasteiger partial charge in [-0.15, -0.1) is 5.10 Å². The average Bonchev–Trinajstić information content (AvgIpc) is 3.05. The summed E-state index contributed by atoms with van der Waals surface area (Å²) in [5.41, 5.74) is 0.952. The highest BCUT2D eigenvalue weighted by atomic mass is 16.2. The Morgan fingerprint density at radius 3 is 2.61 bits per heavy atom. The lowest BCUT2D eigenvalue weighted by atomic mass is 10.3. The zero-order valence-electron chi connectivity index (χ0n) is 13.2. The summed E-state index contributed by atoms with van der Waals surface area (Å²) in [7, 11) is 0. The molecule has 3 rings (SSSR count). The van der Waals surface area contributed by atoms with Gasteiger partial charge in [0.05, 0.1) is 12.2 Å². The number of aromatic nitrogens is 4. The van der Waals surface area contributed by atoms with Gasteiger partial charge in [0.15, 0.2) is 5.82 Å². The number of amides is 2. The van der Waals surface area contributed by atoms with E-state index in [9.17, 15) is 4.79 Å². The van der Waals surface area contributed by atoms with Crippen molar-refractivity contribution >= 4 is 6.03 Å². The molecule has 0 atom stereocenters. The summed E-state index contributed by atoms with van der Waals surface area (Å²) in [5, 5.41) is 14.8. The molecule has 122 valence electrons. The van der Waals surface area contributed by atoms with Crippen molar-refractivity contribution in [1.29, 1.82) is 0 Å². The van der Waals surface area contributed by atoms with Crippen LogP contribution in [-0.2, 0) is 6.54 Å². The first-order chi connectivity index (χ1) is 11.3. The van der Waals surface area contributed by atoms with Crippen LogP contribution < -0.4 is 5.32 Å². The Kier molecular flexibility index (Phi) is 4.82. The van der Waals surface area contributed by atoms with Crippen LogP contribution in [0, 0.1) is 0 Å². The first-order valence-corrected chi connectivity index (χ1v) is 7.85. The number of rotatable bonds is 4. The number of piperazine rings is 1. The Labute approximate surface area is 135 Å². The van der Waals surface area contributed by atoms with E-state index in [1.807, 2.05) is 42.2 Å². The van der Waals surface area contributed by atoms with Crippen molar-refractivity contribution in [2.45, 2.75) is 13.5 Å². The number of carbonyl (C=O) groups is 1. The molecular formula is C15H21N7O. The Morgan fingerprint density at radius 2 is 1.91 bits per heavy atom. The summed E-state index contributed by atoms with van der Waals surface area (Å²) in [6, 6.07) is 9.87. The molecule has 8 nitrogen and oxygen atoms in total. The van der Waals surface area contributed by atoms with Gasteiger partial charge in [-0.3, -0.25) is 4.90 Å². The summed E-state index contributed by atoms with van der Waals surface area (Å²) < 4.78 is 1.76. The van der Waals surface area contributed by atoms with Gasteiger partial charge in [-0.25, -0.2) is 4.79 Å². The fraction of sp³-hybridized carbons (Fsp3) is 0.467. The standard InChI is InChI=1S/C15H21N7O/c1-2-16-15(23)21-10-8-20(9-11-21)12-14-17-18-19-22(14)13-6-4-3-5-7-13/h3-7H,2,8-12H2,1H3,(H,16,23). The molecule has 23 heavy (non-hydrogen) atoms. The van der Waals surface area contributed by atoms with E-state index in [1.165, 1.54) is 0 Å². The van der Waals surface area contributed by atoms with E-state index < -0.39 is 0 Å². The SMILES string of the molecule is CCNC(=O)N1CCN(Cc2nnnn2-c2ccccc2)CC1. The lowest BCUT2D eigenvalue weighted by Crippen LogP contribution is -2.51. The number of carbonyl (C=O) groups excluding carboxylic acids is 1. The molecule has 0 bridgehead atoms. The van der Waals surface area contributed by atoms with Gasteiger partial charge in [0.1, 0.15) is 0 Å². The second-order valence-corrected chi connectivity index (χ2v) is 5.44. The van der Waals surface area contributed by atoms with Crippen LogP contribution in [0.5, 0.6) is 0 Å². The third-order valence-electron chi connectivity index (χ3n) is 3.89. The summed E-state index contributed by atoms with van der Waals surface area (Å²) in [5.74, 6) is 0.808. The van der Waals surface area contributed by atoms with Gasteiger partial charge < -0.3 is 10.2 Å². The smallest absolute Gasteiger partial charge is 0.317 e. The highest BCUT2D eigenvalue weighted by molar-refractivity contribution is 5.74. The second-order valence-electron chi connectivity index (χ2n) is 5.44. The molecule has 1 fully saturated rings. The molecule has 1 N–H and O–H groups in total. The Balaban J connectivity index is 1.60. The number of tetrazole rings is 1. The molecule has 1 aliphatic heterocycles. The van der Waals surface area contributed by atoms with E-state index in [0.29, 0.717) is 13.1 Å². The molecule has 8 heteroatoms. The maximum absolute atomic E-state index is 11.8. The molecule has 0 unspecified atom stereocenters. The first-order valence-electron chi connectivity index (χ1n) is 7.85. The predicted molar refractivity (Wildman–Crippen MR) is 85.1 cm³/mol. The fourth-order valence-corrected chi connectivity index (χ4v) is 2.65. The van der Waals surface area contributed by atoms with Gasteiger partial charge >= 0.3 is 6.03 Å². The number of hydrogen-bond donors (Lipinski definition) is 1. The Morgan fingerprint density at radius 1 is 1.17 bits per heavy atom. The molecule has 2 aromatic rings. The van der Waals surface area contributed by atoms with Crippen LogP contribution in [0.15, 0.2) is 30.3 Å². The highest BCUT2D eigenvalue weighted by Crippen LogP contribution is 2.11. The third kappa shape index (κ3) is 3.65.